The molecular weight excluding hydrogens is 262 g/mol. The van der Waals surface area contributed by atoms with E-state index in [-0.39, 0.29) is 5.92 Å². The molecule has 2 rings (SSSR count). The standard InChI is InChI=1S/C14H16ClN3O/c1-8(2)14-17-12(16)7-13(18-14)19-11-6-9(3)4-5-10(11)15/h4-8H,1-3H3,(H2,16,17,18). The largest absolute Gasteiger partial charge is 0.437 e. The molecule has 1 aromatic carbocycles. The summed E-state index contributed by atoms with van der Waals surface area (Å²) in [5.41, 5.74) is 6.82. The Labute approximate surface area is 117 Å². The molecule has 0 radical (unpaired) electrons. The summed E-state index contributed by atoms with van der Waals surface area (Å²) in [5.74, 6) is 2.19. The van der Waals surface area contributed by atoms with E-state index in [0.717, 1.165) is 5.56 Å². The molecule has 2 N–H and O–H groups in total. The molecule has 1 aromatic heterocycles. The Morgan fingerprint density at radius 1 is 1.21 bits per heavy atom. The van der Waals surface area contributed by atoms with E-state index in [2.05, 4.69) is 9.97 Å². The van der Waals surface area contributed by atoms with E-state index >= 15 is 0 Å². The molecule has 0 atom stereocenters. The molecule has 0 bridgehead atoms. The van der Waals surface area contributed by atoms with Crippen molar-refractivity contribution in [3.05, 3.63) is 40.7 Å². The van der Waals surface area contributed by atoms with Gasteiger partial charge in [0.25, 0.3) is 0 Å². The van der Waals surface area contributed by atoms with Gasteiger partial charge in [-0.2, -0.15) is 4.98 Å². The second kappa shape index (κ2) is 5.45. The van der Waals surface area contributed by atoms with Crippen LogP contribution in [0.1, 0.15) is 31.2 Å². The average Bonchev–Trinajstić information content (AvgIpc) is 2.33. The van der Waals surface area contributed by atoms with Gasteiger partial charge in [-0.15, -0.1) is 0 Å². The lowest BCUT2D eigenvalue weighted by atomic mass is 10.2. The number of nitrogens with two attached hydrogens (primary N) is 1. The molecule has 19 heavy (non-hydrogen) atoms. The number of hydrogen-bond acceptors (Lipinski definition) is 4. The Morgan fingerprint density at radius 2 is 1.95 bits per heavy atom. The van der Waals surface area contributed by atoms with Gasteiger partial charge in [0.1, 0.15) is 17.4 Å². The Balaban J connectivity index is 2.35. The monoisotopic (exact) mass is 277 g/mol. The zero-order chi connectivity index (χ0) is 14.0. The van der Waals surface area contributed by atoms with E-state index < -0.39 is 0 Å². The summed E-state index contributed by atoms with van der Waals surface area (Å²) in [4.78, 5) is 8.50. The van der Waals surface area contributed by atoms with Crippen molar-refractivity contribution in [3.63, 3.8) is 0 Å². The molecule has 0 aliphatic heterocycles. The summed E-state index contributed by atoms with van der Waals surface area (Å²) >= 11 is 6.09. The molecule has 0 aliphatic carbocycles. The van der Waals surface area contributed by atoms with Crippen LogP contribution in [-0.4, -0.2) is 9.97 Å². The van der Waals surface area contributed by atoms with Gasteiger partial charge >= 0.3 is 0 Å². The van der Waals surface area contributed by atoms with Crippen molar-refractivity contribution < 1.29 is 4.74 Å². The second-order valence-electron chi connectivity index (χ2n) is 4.68. The molecule has 0 saturated heterocycles. The number of anilines is 1. The first-order chi connectivity index (χ1) is 8.95. The van der Waals surface area contributed by atoms with Gasteiger partial charge in [0.05, 0.1) is 5.02 Å². The van der Waals surface area contributed by atoms with E-state index in [1.165, 1.54) is 0 Å². The average molecular weight is 278 g/mol. The summed E-state index contributed by atoms with van der Waals surface area (Å²) < 4.78 is 5.70. The molecule has 0 amide bonds. The fourth-order valence-electron chi connectivity index (χ4n) is 1.57. The summed E-state index contributed by atoms with van der Waals surface area (Å²) in [6, 6.07) is 7.16. The molecule has 0 saturated carbocycles. The van der Waals surface area contributed by atoms with E-state index in [0.29, 0.717) is 28.3 Å². The van der Waals surface area contributed by atoms with Gasteiger partial charge in [-0.25, -0.2) is 4.98 Å². The predicted octanol–water partition coefficient (Wildman–Crippen LogP) is 3.94. The van der Waals surface area contributed by atoms with Crippen molar-refractivity contribution in [2.75, 3.05) is 5.73 Å². The fraction of sp³-hybridized carbons (Fsp3) is 0.286. The lowest BCUT2D eigenvalue weighted by molar-refractivity contribution is 0.457. The number of nitrogen functional groups attached to an aromatic ring is 1. The molecule has 4 nitrogen and oxygen atoms in total. The Hall–Kier alpha value is -1.81. The number of aromatic nitrogens is 2. The van der Waals surface area contributed by atoms with Gasteiger partial charge in [0, 0.05) is 12.0 Å². The van der Waals surface area contributed by atoms with E-state index in [9.17, 15) is 0 Å². The minimum atomic E-state index is 0.179. The molecule has 100 valence electrons. The van der Waals surface area contributed by atoms with Gasteiger partial charge in [0.15, 0.2) is 0 Å². The van der Waals surface area contributed by atoms with E-state index in [1.54, 1.807) is 12.1 Å². The first-order valence-electron chi connectivity index (χ1n) is 6.04. The first kappa shape index (κ1) is 13.6. The van der Waals surface area contributed by atoms with Crippen LogP contribution in [0.4, 0.5) is 5.82 Å². The van der Waals surface area contributed by atoms with Crippen molar-refractivity contribution in [2.45, 2.75) is 26.7 Å². The third-order valence-corrected chi connectivity index (χ3v) is 2.87. The summed E-state index contributed by atoms with van der Waals surface area (Å²) in [6.45, 7) is 5.97. The van der Waals surface area contributed by atoms with Gasteiger partial charge < -0.3 is 10.5 Å². The molecule has 0 spiro atoms. The molecule has 2 aromatic rings. The highest BCUT2D eigenvalue weighted by atomic mass is 35.5. The minimum Gasteiger partial charge on any atom is -0.437 e. The SMILES string of the molecule is Cc1ccc(Cl)c(Oc2cc(N)nc(C(C)C)n2)c1. The Morgan fingerprint density at radius 3 is 2.63 bits per heavy atom. The van der Waals surface area contributed by atoms with Crippen LogP contribution in [0.5, 0.6) is 11.6 Å². The molecule has 1 heterocycles. The van der Waals surface area contributed by atoms with Crippen LogP contribution in [-0.2, 0) is 0 Å². The number of halogens is 1. The summed E-state index contributed by atoms with van der Waals surface area (Å²) in [6.07, 6.45) is 0. The lowest BCUT2D eigenvalue weighted by Gasteiger charge is -2.10. The lowest BCUT2D eigenvalue weighted by Crippen LogP contribution is -2.03. The third-order valence-electron chi connectivity index (χ3n) is 2.56. The van der Waals surface area contributed by atoms with Crippen molar-refractivity contribution in [3.8, 4) is 11.6 Å². The molecule has 5 heteroatoms. The van der Waals surface area contributed by atoms with Crippen LogP contribution in [0.3, 0.4) is 0 Å². The number of aryl methyl sites for hydroxylation is 1. The summed E-state index contributed by atoms with van der Waals surface area (Å²) in [5, 5.41) is 0.536. The molecule has 0 fully saturated rings. The Bertz CT molecular complexity index is 599. The zero-order valence-electron chi connectivity index (χ0n) is 11.1. The Kier molecular flexibility index (Phi) is 3.90. The first-order valence-corrected chi connectivity index (χ1v) is 6.42. The van der Waals surface area contributed by atoms with Crippen LogP contribution >= 0.6 is 11.6 Å². The van der Waals surface area contributed by atoms with Crippen molar-refractivity contribution in [2.24, 2.45) is 0 Å². The number of hydrogen-bond donors (Lipinski definition) is 1. The minimum absolute atomic E-state index is 0.179. The smallest absolute Gasteiger partial charge is 0.224 e. The van der Waals surface area contributed by atoms with Gasteiger partial charge in [-0.05, 0) is 24.6 Å². The van der Waals surface area contributed by atoms with Crippen LogP contribution in [0.25, 0.3) is 0 Å². The molecule has 0 aliphatic rings. The second-order valence-corrected chi connectivity index (χ2v) is 5.09. The van der Waals surface area contributed by atoms with Crippen LogP contribution < -0.4 is 10.5 Å². The van der Waals surface area contributed by atoms with Gasteiger partial charge in [0.2, 0.25) is 5.88 Å². The van der Waals surface area contributed by atoms with Crippen molar-refractivity contribution in [1.82, 2.24) is 9.97 Å². The maximum absolute atomic E-state index is 6.09. The quantitative estimate of drug-likeness (QED) is 0.923. The van der Waals surface area contributed by atoms with E-state index in [4.69, 9.17) is 22.1 Å². The highest BCUT2D eigenvalue weighted by molar-refractivity contribution is 6.32. The number of ether oxygens (including phenoxy) is 1. The van der Waals surface area contributed by atoms with E-state index in [1.807, 2.05) is 32.9 Å². The maximum atomic E-state index is 6.09. The maximum Gasteiger partial charge on any atom is 0.224 e. The van der Waals surface area contributed by atoms with Crippen LogP contribution in [0, 0.1) is 6.92 Å². The molecule has 0 unspecified atom stereocenters. The topological polar surface area (TPSA) is 61.0 Å². The van der Waals surface area contributed by atoms with Crippen molar-refractivity contribution in [1.29, 1.82) is 0 Å². The zero-order valence-corrected chi connectivity index (χ0v) is 11.9. The third kappa shape index (κ3) is 3.35. The van der Waals surface area contributed by atoms with Gasteiger partial charge in [-0.1, -0.05) is 31.5 Å². The highest BCUT2D eigenvalue weighted by Crippen LogP contribution is 2.30. The fourth-order valence-corrected chi connectivity index (χ4v) is 1.73. The van der Waals surface area contributed by atoms with Crippen LogP contribution in [0.15, 0.2) is 24.3 Å². The number of rotatable bonds is 3. The number of benzene rings is 1. The highest BCUT2D eigenvalue weighted by Gasteiger charge is 2.10. The normalized spacial score (nSPS) is 10.8. The van der Waals surface area contributed by atoms with Crippen molar-refractivity contribution >= 4 is 17.4 Å². The number of nitrogens with zero attached hydrogens (tertiary/aromatic N) is 2. The van der Waals surface area contributed by atoms with Gasteiger partial charge in [-0.3, -0.25) is 0 Å². The summed E-state index contributed by atoms with van der Waals surface area (Å²) in [7, 11) is 0. The predicted molar refractivity (Wildman–Crippen MR) is 76.8 cm³/mol. The molecular formula is C14H16ClN3O. The van der Waals surface area contributed by atoms with Crippen LogP contribution in [0.2, 0.25) is 5.02 Å².